The van der Waals surface area contributed by atoms with Crippen LogP contribution in [0.3, 0.4) is 0 Å². The highest BCUT2D eigenvalue weighted by Gasteiger charge is 2.30. The van der Waals surface area contributed by atoms with Crippen LogP contribution in [-0.4, -0.2) is 17.9 Å². The number of rotatable bonds is 6. The summed E-state index contributed by atoms with van der Waals surface area (Å²) in [6, 6.07) is 9.45. The van der Waals surface area contributed by atoms with Crippen molar-refractivity contribution in [2.75, 3.05) is 12.0 Å². The standard InChI is InChI=1S/C17H17F3N2O2/c1-2-8-24-15-7-6-12(16(23)10-15)11-21-22-14-5-3-4-13(9-14)17(18,19)20/h3-7,9-11,22-23H,2,8H2,1H3. The summed E-state index contributed by atoms with van der Waals surface area (Å²) in [5.74, 6) is 0.510. The first-order chi connectivity index (χ1) is 11.4. The molecule has 2 aromatic rings. The lowest BCUT2D eigenvalue weighted by Crippen LogP contribution is -2.05. The van der Waals surface area contributed by atoms with E-state index in [0.717, 1.165) is 18.6 Å². The number of alkyl halides is 3. The Morgan fingerprint density at radius 3 is 2.67 bits per heavy atom. The Labute approximate surface area is 137 Å². The van der Waals surface area contributed by atoms with Crippen molar-refractivity contribution in [1.82, 2.24) is 0 Å². The monoisotopic (exact) mass is 338 g/mol. The van der Waals surface area contributed by atoms with Gasteiger partial charge < -0.3 is 9.84 Å². The van der Waals surface area contributed by atoms with Crippen molar-refractivity contribution < 1.29 is 23.0 Å². The van der Waals surface area contributed by atoms with Gasteiger partial charge in [-0.25, -0.2) is 0 Å². The molecule has 0 aromatic heterocycles. The molecule has 0 saturated heterocycles. The Hall–Kier alpha value is -2.70. The molecule has 0 unspecified atom stereocenters. The van der Waals surface area contributed by atoms with Crippen LogP contribution in [0.15, 0.2) is 47.6 Å². The number of aromatic hydroxyl groups is 1. The molecule has 7 heteroatoms. The summed E-state index contributed by atoms with van der Waals surface area (Å²) >= 11 is 0. The zero-order valence-corrected chi connectivity index (χ0v) is 13.0. The molecule has 2 aromatic carbocycles. The third-order valence-corrected chi connectivity index (χ3v) is 3.06. The van der Waals surface area contributed by atoms with Crippen LogP contribution >= 0.6 is 0 Å². The van der Waals surface area contributed by atoms with Gasteiger partial charge in [-0.3, -0.25) is 5.43 Å². The average Bonchev–Trinajstić information content (AvgIpc) is 2.54. The van der Waals surface area contributed by atoms with Gasteiger partial charge in [-0.1, -0.05) is 13.0 Å². The normalized spacial score (nSPS) is 11.7. The van der Waals surface area contributed by atoms with Crippen LogP contribution in [0.1, 0.15) is 24.5 Å². The van der Waals surface area contributed by atoms with E-state index in [1.807, 2.05) is 6.92 Å². The largest absolute Gasteiger partial charge is 0.507 e. The minimum absolute atomic E-state index is 0.0294. The van der Waals surface area contributed by atoms with Gasteiger partial charge in [-0.15, -0.1) is 0 Å². The highest BCUT2D eigenvalue weighted by Crippen LogP contribution is 2.30. The smallest absolute Gasteiger partial charge is 0.416 e. The molecule has 0 spiro atoms. The van der Waals surface area contributed by atoms with Gasteiger partial charge in [0.25, 0.3) is 0 Å². The first kappa shape index (κ1) is 17.7. The SMILES string of the molecule is CCCOc1ccc(C=NNc2cccc(C(F)(F)F)c2)c(O)c1. The van der Waals surface area contributed by atoms with E-state index in [-0.39, 0.29) is 11.4 Å². The molecular formula is C17H17F3N2O2. The summed E-state index contributed by atoms with van der Waals surface area (Å²) in [6.45, 7) is 2.52. The van der Waals surface area contributed by atoms with Crippen molar-refractivity contribution in [1.29, 1.82) is 0 Å². The minimum Gasteiger partial charge on any atom is -0.507 e. The molecule has 4 nitrogen and oxygen atoms in total. The maximum absolute atomic E-state index is 12.6. The lowest BCUT2D eigenvalue weighted by atomic mass is 10.2. The quantitative estimate of drug-likeness (QED) is 0.596. The van der Waals surface area contributed by atoms with Crippen LogP contribution in [0, 0.1) is 0 Å². The molecule has 0 atom stereocenters. The number of nitrogens with zero attached hydrogens (tertiary/aromatic N) is 1. The van der Waals surface area contributed by atoms with Crippen LogP contribution in [0.2, 0.25) is 0 Å². The van der Waals surface area contributed by atoms with E-state index in [1.54, 1.807) is 12.1 Å². The number of hydrazone groups is 1. The molecule has 128 valence electrons. The van der Waals surface area contributed by atoms with E-state index < -0.39 is 11.7 Å². The lowest BCUT2D eigenvalue weighted by Gasteiger charge is -2.08. The topological polar surface area (TPSA) is 53.8 Å². The van der Waals surface area contributed by atoms with Gasteiger partial charge in [0.2, 0.25) is 0 Å². The van der Waals surface area contributed by atoms with Crippen LogP contribution in [0.25, 0.3) is 0 Å². The molecule has 0 bridgehead atoms. The molecule has 2 rings (SSSR count). The second-order valence-electron chi connectivity index (χ2n) is 5.02. The first-order valence-corrected chi connectivity index (χ1v) is 7.32. The van der Waals surface area contributed by atoms with Crippen molar-refractivity contribution in [2.24, 2.45) is 5.10 Å². The van der Waals surface area contributed by atoms with Gasteiger partial charge in [0, 0.05) is 11.6 Å². The molecule has 0 amide bonds. The van der Waals surface area contributed by atoms with Crippen molar-refractivity contribution in [3.8, 4) is 11.5 Å². The number of benzene rings is 2. The van der Waals surface area contributed by atoms with E-state index in [2.05, 4.69) is 10.5 Å². The van der Waals surface area contributed by atoms with Crippen LogP contribution in [-0.2, 0) is 6.18 Å². The van der Waals surface area contributed by atoms with Crippen molar-refractivity contribution in [2.45, 2.75) is 19.5 Å². The summed E-state index contributed by atoms with van der Waals surface area (Å²) in [7, 11) is 0. The number of nitrogens with one attached hydrogen (secondary N) is 1. The lowest BCUT2D eigenvalue weighted by molar-refractivity contribution is -0.137. The number of anilines is 1. The first-order valence-electron chi connectivity index (χ1n) is 7.32. The number of halogens is 3. The molecule has 0 heterocycles. The van der Waals surface area contributed by atoms with Gasteiger partial charge in [0.05, 0.1) is 24.1 Å². The molecular weight excluding hydrogens is 321 g/mol. The average molecular weight is 338 g/mol. The molecule has 0 saturated carbocycles. The third kappa shape index (κ3) is 4.91. The van der Waals surface area contributed by atoms with Crippen LogP contribution in [0.5, 0.6) is 11.5 Å². The Kier molecular flexibility index (Phi) is 5.68. The van der Waals surface area contributed by atoms with Gasteiger partial charge in [-0.05, 0) is 36.8 Å². The Morgan fingerprint density at radius 2 is 2.00 bits per heavy atom. The molecule has 24 heavy (non-hydrogen) atoms. The van der Waals surface area contributed by atoms with Crippen molar-refractivity contribution in [3.05, 3.63) is 53.6 Å². The fraction of sp³-hybridized carbons (Fsp3) is 0.235. The van der Waals surface area contributed by atoms with E-state index in [1.165, 1.54) is 24.4 Å². The Bertz CT molecular complexity index is 715. The molecule has 0 aliphatic heterocycles. The maximum Gasteiger partial charge on any atom is 0.416 e. The van der Waals surface area contributed by atoms with E-state index in [9.17, 15) is 18.3 Å². The summed E-state index contributed by atoms with van der Waals surface area (Å²) < 4.78 is 43.3. The van der Waals surface area contributed by atoms with E-state index in [4.69, 9.17) is 4.74 Å². The maximum atomic E-state index is 12.6. The molecule has 0 radical (unpaired) electrons. The van der Waals surface area contributed by atoms with E-state index >= 15 is 0 Å². The highest BCUT2D eigenvalue weighted by atomic mass is 19.4. The molecule has 0 aliphatic carbocycles. The second kappa shape index (κ2) is 7.72. The number of hydrogen-bond donors (Lipinski definition) is 2. The van der Waals surface area contributed by atoms with Gasteiger partial charge >= 0.3 is 6.18 Å². The molecule has 0 aliphatic rings. The molecule has 2 N–H and O–H groups in total. The van der Waals surface area contributed by atoms with Gasteiger partial charge in [0.1, 0.15) is 11.5 Å². The summed E-state index contributed by atoms with van der Waals surface area (Å²) in [4.78, 5) is 0. The Morgan fingerprint density at radius 1 is 1.21 bits per heavy atom. The minimum atomic E-state index is -4.41. The number of ether oxygens (including phenoxy) is 1. The fourth-order valence-electron chi connectivity index (χ4n) is 1.88. The summed E-state index contributed by atoms with van der Waals surface area (Å²) in [6.07, 6.45) is -2.24. The van der Waals surface area contributed by atoms with Crippen LogP contribution < -0.4 is 10.2 Å². The predicted molar refractivity (Wildman–Crippen MR) is 86.6 cm³/mol. The zero-order chi connectivity index (χ0) is 17.6. The van der Waals surface area contributed by atoms with E-state index in [0.29, 0.717) is 17.9 Å². The third-order valence-electron chi connectivity index (χ3n) is 3.06. The second-order valence-corrected chi connectivity index (χ2v) is 5.02. The Balaban J connectivity index is 2.04. The fourth-order valence-corrected chi connectivity index (χ4v) is 1.88. The van der Waals surface area contributed by atoms with Gasteiger partial charge in [0.15, 0.2) is 0 Å². The number of phenols is 1. The molecule has 0 fully saturated rings. The van der Waals surface area contributed by atoms with Crippen molar-refractivity contribution in [3.63, 3.8) is 0 Å². The zero-order valence-electron chi connectivity index (χ0n) is 13.0. The highest BCUT2D eigenvalue weighted by molar-refractivity contribution is 5.84. The summed E-state index contributed by atoms with van der Waals surface area (Å²) in [5, 5.41) is 13.7. The van der Waals surface area contributed by atoms with Crippen LogP contribution in [0.4, 0.5) is 18.9 Å². The predicted octanol–water partition coefficient (Wildman–Crippen LogP) is 4.65. The number of hydrogen-bond acceptors (Lipinski definition) is 4. The summed E-state index contributed by atoms with van der Waals surface area (Å²) in [5.41, 5.74) is 2.36. The van der Waals surface area contributed by atoms with Crippen molar-refractivity contribution >= 4 is 11.9 Å². The van der Waals surface area contributed by atoms with Gasteiger partial charge in [-0.2, -0.15) is 18.3 Å². The number of phenolic OH excluding ortho intramolecular Hbond substituents is 1.